The summed E-state index contributed by atoms with van der Waals surface area (Å²) in [5, 5.41) is 3.97. The molecule has 7 heteroatoms. The fraction of sp³-hybridized carbons (Fsp3) is 0.304. The number of nitrogens with zero attached hydrogens (tertiary/aromatic N) is 1. The topological polar surface area (TPSA) is 91.2 Å². The molecule has 4 N–H and O–H groups in total. The van der Waals surface area contributed by atoms with Gasteiger partial charge in [0, 0.05) is 36.1 Å². The number of carbonyl (C=O) groups excluding carboxylic acids is 2. The molecule has 156 valence electrons. The quantitative estimate of drug-likeness (QED) is 0.614. The second kappa shape index (κ2) is 8.18. The molecule has 0 unspecified atom stereocenters. The molecule has 0 radical (unpaired) electrons. The normalized spacial score (nSPS) is 16.6. The number of hydrogen-bond donors (Lipinski definition) is 3. The van der Waals surface area contributed by atoms with Crippen molar-refractivity contribution in [3.63, 3.8) is 0 Å². The summed E-state index contributed by atoms with van der Waals surface area (Å²) in [5.74, 6) is -0.576. The summed E-state index contributed by atoms with van der Waals surface area (Å²) >= 11 is 0. The van der Waals surface area contributed by atoms with Crippen molar-refractivity contribution in [1.29, 1.82) is 0 Å². The van der Waals surface area contributed by atoms with Crippen molar-refractivity contribution in [2.75, 3.05) is 13.1 Å². The molecule has 0 bridgehead atoms. The maximum Gasteiger partial charge on any atom is 0.314 e. The molecule has 3 amide bonds. The van der Waals surface area contributed by atoms with Gasteiger partial charge in [0.25, 0.3) is 0 Å². The predicted octanol–water partition coefficient (Wildman–Crippen LogP) is 3.69. The smallest absolute Gasteiger partial charge is 0.314 e. The van der Waals surface area contributed by atoms with Gasteiger partial charge in [0.1, 0.15) is 5.82 Å². The summed E-state index contributed by atoms with van der Waals surface area (Å²) in [7, 11) is 0. The van der Waals surface area contributed by atoms with Crippen LogP contribution in [0.1, 0.15) is 24.0 Å². The lowest BCUT2D eigenvalue weighted by Crippen LogP contribution is -2.47. The zero-order valence-corrected chi connectivity index (χ0v) is 16.9. The van der Waals surface area contributed by atoms with E-state index in [4.69, 9.17) is 5.73 Å². The number of aryl methyl sites for hydroxylation is 1. The van der Waals surface area contributed by atoms with E-state index in [1.165, 1.54) is 11.0 Å². The average Bonchev–Trinajstić information content (AvgIpc) is 3.08. The molecule has 2 heterocycles. The molecule has 3 aromatic rings. The molecule has 6 nitrogen and oxygen atoms in total. The molecular weight excluding hydrogens is 383 g/mol. The van der Waals surface area contributed by atoms with Crippen LogP contribution in [0.4, 0.5) is 9.18 Å². The van der Waals surface area contributed by atoms with Gasteiger partial charge in [-0.15, -0.1) is 0 Å². The van der Waals surface area contributed by atoms with Gasteiger partial charge in [-0.3, -0.25) is 4.79 Å². The summed E-state index contributed by atoms with van der Waals surface area (Å²) in [4.78, 5) is 28.8. The van der Waals surface area contributed by atoms with Gasteiger partial charge in [-0.05, 0) is 55.2 Å². The molecule has 1 fully saturated rings. The van der Waals surface area contributed by atoms with Gasteiger partial charge in [0.15, 0.2) is 0 Å². The summed E-state index contributed by atoms with van der Waals surface area (Å²) in [6, 6.07) is 12.1. The number of rotatable bonds is 4. The van der Waals surface area contributed by atoms with E-state index in [0.29, 0.717) is 25.2 Å². The van der Waals surface area contributed by atoms with Gasteiger partial charge in [-0.2, -0.15) is 0 Å². The number of piperidine rings is 1. The first-order chi connectivity index (χ1) is 14.4. The number of aromatic amines is 1. The number of nitrogens with two attached hydrogens (primary N) is 1. The Labute approximate surface area is 174 Å². The van der Waals surface area contributed by atoms with Gasteiger partial charge in [-0.25, -0.2) is 9.18 Å². The lowest BCUT2D eigenvalue weighted by Gasteiger charge is -2.30. The van der Waals surface area contributed by atoms with Crippen molar-refractivity contribution in [3.05, 3.63) is 59.4 Å². The monoisotopic (exact) mass is 408 g/mol. The number of halogens is 1. The summed E-state index contributed by atoms with van der Waals surface area (Å²) in [5.41, 5.74) is 9.49. The number of nitrogens with one attached hydrogen (secondary N) is 2. The van der Waals surface area contributed by atoms with Crippen LogP contribution in [-0.2, 0) is 11.3 Å². The number of carbonyl (C=O) groups is 2. The summed E-state index contributed by atoms with van der Waals surface area (Å²) in [6.07, 6.45) is 1.52. The number of benzene rings is 2. The number of amides is 3. The van der Waals surface area contributed by atoms with Crippen molar-refractivity contribution in [1.82, 2.24) is 15.2 Å². The number of H-pyrrole nitrogens is 1. The minimum absolute atomic E-state index is 0.0705. The largest absolute Gasteiger partial charge is 0.354 e. The van der Waals surface area contributed by atoms with Gasteiger partial charge in [0.2, 0.25) is 5.91 Å². The van der Waals surface area contributed by atoms with Crippen LogP contribution in [0.2, 0.25) is 0 Å². The van der Waals surface area contributed by atoms with E-state index in [1.807, 2.05) is 31.2 Å². The minimum Gasteiger partial charge on any atom is -0.354 e. The van der Waals surface area contributed by atoms with Crippen molar-refractivity contribution in [2.45, 2.75) is 26.3 Å². The first-order valence-electron chi connectivity index (χ1n) is 10.1. The zero-order chi connectivity index (χ0) is 21.3. The van der Waals surface area contributed by atoms with Crippen molar-refractivity contribution in [2.24, 2.45) is 11.7 Å². The fourth-order valence-electron chi connectivity index (χ4n) is 4.14. The van der Waals surface area contributed by atoms with E-state index in [1.54, 1.807) is 12.1 Å². The van der Waals surface area contributed by atoms with Crippen LogP contribution in [0.15, 0.2) is 42.5 Å². The van der Waals surface area contributed by atoms with E-state index in [9.17, 15) is 14.0 Å². The third-order valence-corrected chi connectivity index (χ3v) is 5.84. The van der Waals surface area contributed by atoms with Gasteiger partial charge >= 0.3 is 6.03 Å². The lowest BCUT2D eigenvalue weighted by atomic mass is 9.97. The predicted molar refractivity (Wildman–Crippen MR) is 114 cm³/mol. The average molecular weight is 408 g/mol. The van der Waals surface area contributed by atoms with Crippen LogP contribution in [0, 0.1) is 18.7 Å². The Morgan fingerprint density at radius 3 is 2.83 bits per heavy atom. The second-order valence-electron chi connectivity index (χ2n) is 7.83. The van der Waals surface area contributed by atoms with Crippen LogP contribution in [0.3, 0.4) is 0 Å². The first-order valence-corrected chi connectivity index (χ1v) is 10.1. The van der Waals surface area contributed by atoms with Crippen LogP contribution in [-0.4, -0.2) is 34.9 Å². The highest BCUT2D eigenvalue weighted by atomic mass is 19.1. The van der Waals surface area contributed by atoms with Crippen LogP contribution in [0.5, 0.6) is 0 Å². The second-order valence-corrected chi connectivity index (χ2v) is 7.83. The molecule has 0 saturated carbocycles. The molecule has 2 aromatic carbocycles. The number of primary amides is 1. The summed E-state index contributed by atoms with van der Waals surface area (Å²) in [6.45, 7) is 3.32. The van der Waals surface area contributed by atoms with E-state index >= 15 is 0 Å². The third-order valence-electron chi connectivity index (χ3n) is 5.84. The number of hydrogen-bond acceptors (Lipinski definition) is 2. The molecule has 4 rings (SSSR count). The van der Waals surface area contributed by atoms with Gasteiger partial charge in [0.05, 0.1) is 11.6 Å². The van der Waals surface area contributed by atoms with E-state index in [2.05, 4.69) is 10.3 Å². The van der Waals surface area contributed by atoms with Gasteiger partial charge < -0.3 is 20.9 Å². The summed E-state index contributed by atoms with van der Waals surface area (Å²) < 4.78 is 14.2. The SMILES string of the molecule is Cc1c(-c2ccccc2F)[nH]c2ccc(CNC(=O)[C@H]3CCCN(C(N)=O)C3)cc12. The van der Waals surface area contributed by atoms with E-state index < -0.39 is 6.03 Å². The number of urea groups is 1. The Morgan fingerprint density at radius 1 is 1.27 bits per heavy atom. The third kappa shape index (κ3) is 3.87. The van der Waals surface area contributed by atoms with Crippen LogP contribution >= 0.6 is 0 Å². The van der Waals surface area contributed by atoms with Crippen molar-refractivity contribution < 1.29 is 14.0 Å². The number of aromatic nitrogens is 1. The van der Waals surface area contributed by atoms with Crippen molar-refractivity contribution >= 4 is 22.8 Å². The highest BCUT2D eigenvalue weighted by molar-refractivity contribution is 5.91. The van der Waals surface area contributed by atoms with Crippen LogP contribution in [0.25, 0.3) is 22.2 Å². The van der Waals surface area contributed by atoms with E-state index in [-0.39, 0.29) is 17.6 Å². The molecule has 1 aromatic heterocycles. The van der Waals surface area contributed by atoms with Crippen molar-refractivity contribution in [3.8, 4) is 11.3 Å². The fourth-order valence-corrected chi connectivity index (χ4v) is 4.14. The number of likely N-dealkylation sites (tertiary alicyclic amines) is 1. The Balaban J connectivity index is 1.49. The highest BCUT2D eigenvalue weighted by Gasteiger charge is 2.27. The Hall–Kier alpha value is -3.35. The maximum absolute atomic E-state index is 14.2. The standard InChI is InChI=1S/C23H25FN4O2/c1-14-18-11-15(12-26-22(29)16-5-4-10-28(13-16)23(25)30)8-9-20(18)27-21(14)17-6-2-3-7-19(17)24/h2-3,6-9,11,16,27H,4-5,10,12-13H2,1H3,(H2,25,30)(H,26,29)/t16-/m0/s1. The molecule has 0 aliphatic carbocycles. The Bertz CT molecular complexity index is 1110. The van der Waals surface area contributed by atoms with E-state index in [0.717, 1.165) is 40.6 Å². The maximum atomic E-state index is 14.2. The Morgan fingerprint density at radius 2 is 2.07 bits per heavy atom. The molecule has 1 atom stereocenters. The molecular formula is C23H25FN4O2. The molecule has 1 saturated heterocycles. The number of fused-ring (bicyclic) bond motifs is 1. The first kappa shape index (κ1) is 19.9. The molecule has 1 aliphatic rings. The lowest BCUT2D eigenvalue weighted by molar-refractivity contribution is -0.126. The molecule has 0 spiro atoms. The van der Waals surface area contributed by atoms with Gasteiger partial charge in [-0.1, -0.05) is 18.2 Å². The molecule has 1 aliphatic heterocycles. The highest BCUT2D eigenvalue weighted by Crippen LogP contribution is 2.31. The Kier molecular flexibility index (Phi) is 5.44. The van der Waals surface area contributed by atoms with Crippen LogP contribution < -0.4 is 11.1 Å². The molecule has 30 heavy (non-hydrogen) atoms. The zero-order valence-electron chi connectivity index (χ0n) is 16.9. The minimum atomic E-state index is -0.480.